The van der Waals surface area contributed by atoms with E-state index in [4.69, 9.17) is 9.47 Å². The van der Waals surface area contributed by atoms with Gasteiger partial charge in [0.15, 0.2) is 0 Å². The quantitative estimate of drug-likeness (QED) is 0.0379. The van der Waals surface area contributed by atoms with Gasteiger partial charge in [-0.2, -0.15) is 0 Å². The molecule has 0 aliphatic rings. The van der Waals surface area contributed by atoms with Gasteiger partial charge in [-0.3, -0.25) is 4.79 Å². The first-order valence-electron chi connectivity index (χ1n) is 25.4. The van der Waals surface area contributed by atoms with Crippen molar-refractivity contribution in [3.8, 4) is 0 Å². The van der Waals surface area contributed by atoms with E-state index in [1.165, 1.54) is 231 Å². The third-order valence-corrected chi connectivity index (χ3v) is 11.5. The van der Waals surface area contributed by atoms with Crippen LogP contribution in [0.25, 0.3) is 0 Å². The number of hydrogen-bond donors (Lipinski definition) is 1. The molecule has 0 amide bonds. The Balaban J connectivity index is 3.37. The number of unbranched alkanes of at least 4 members (excludes halogenated alkanes) is 36. The number of allylic oxidation sites excluding steroid dienone is 4. The molecule has 0 aliphatic carbocycles. The summed E-state index contributed by atoms with van der Waals surface area (Å²) in [6, 6.07) is 0. The minimum atomic E-state index is -0.532. The topological polar surface area (TPSA) is 55.8 Å². The Morgan fingerprint density at radius 1 is 0.429 bits per heavy atom. The average Bonchev–Trinajstić information content (AvgIpc) is 3.20. The van der Waals surface area contributed by atoms with E-state index in [2.05, 4.69) is 38.2 Å². The molecule has 0 aromatic rings. The SMILES string of the molecule is CCCCCCC/C=C\C/C=C\CCCCCCCCCCCCCC(=O)OC(CO)COCCCCCCCCCCCCCCCCCCCCCCC. The van der Waals surface area contributed by atoms with E-state index in [0.717, 1.165) is 25.7 Å². The standard InChI is InChI=1S/C52H100O4/c1-3-5-7-9-11-13-15-17-19-21-23-25-26-27-29-31-33-35-37-39-41-43-45-47-52(54)56-51(49-53)50-55-48-46-44-42-40-38-36-34-32-30-28-24-22-20-18-16-14-12-10-8-6-4-2/h15,17,21,23,51,53H,3-14,16,18-20,22,24-50H2,1-2H3/b17-15-,23-21-. The summed E-state index contributed by atoms with van der Waals surface area (Å²) >= 11 is 0. The van der Waals surface area contributed by atoms with Crippen molar-refractivity contribution in [1.82, 2.24) is 0 Å². The Bertz CT molecular complexity index is 792. The van der Waals surface area contributed by atoms with Crippen molar-refractivity contribution in [2.45, 2.75) is 283 Å². The van der Waals surface area contributed by atoms with E-state index in [0.29, 0.717) is 19.6 Å². The molecule has 0 fully saturated rings. The largest absolute Gasteiger partial charge is 0.457 e. The first-order valence-corrected chi connectivity index (χ1v) is 25.4. The van der Waals surface area contributed by atoms with Gasteiger partial charge in [-0.05, 0) is 44.9 Å². The van der Waals surface area contributed by atoms with E-state index < -0.39 is 6.10 Å². The molecule has 0 aromatic carbocycles. The number of rotatable bonds is 48. The Kier molecular flexibility index (Phi) is 49.0. The Morgan fingerprint density at radius 3 is 1.11 bits per heavy atom. The fourth-order valence-electron chi connectivity index (χ4n) is 7.71. The van der Waals surface area contributed by atoms with Gasteiger partial charge >= 0.3 is 5.97 Å². The maximum absolute atomic E-state index is 12.3. The Morgan fingerprint density at radius 2 is 0.750 bits per heavy atom. The molecule has 4 nitrogen and oxygen atoms in total. The highest BCUT2D eigenvalue weighted by molar-refractivity contribution is 5.69. The average molecular weight is 789 g/mol. The molecule has 0 saturated heterocycles. The molecular formula is C52H100O4. The maximum atomic E-state index is 12.3. The van der Waals surface area contributed by atoms with Gasteiger partial charge in [0.05, 0.1) is 13.2 Å². The lowest BCUT2D eigenvalue weighted by molar-refractivity contribution is -0.154. The van der Waals surface area contributed by atoms with E-state index in [9.17, 15) is 9.90 Å². The number of aliphatic hydroxyl groups excluding tert-OH is 1. The number of hydrogen-bond acceptors (Lipinski definition) is 4. The molecule has 0 rings (SSSR count). The molecule has 332 valence electrons. The van der Waals surface area contributed by atoms with Crippen LogP contribution in [0.1, 0.15) is 277 Å². The summed E-state index contributed by atoms with van der Waals surface area (Å²) in [5.41, 5.74) is 0. The van der Waals surface area contributed by atoms with Crippen LogP contribution in [0.15, 0.2) is 24.3 Å². The zero-order valence-electron chi connectivity index (χ0n) is 38.2. The lowest BCUT2D eigenvalue weighted by Gasteiger charge is -2.16. The summed E-state index contributed by atoms with van der Waals surface area (Å²) in [6.45, 7) is 5.39. The van der Waals surface area contributed by atoms with Crippen LogP contribution in [-0.2, 0) is 14.3 Å². The molecule has 0 aromatic heterocycles. The van der Waals surface area contributed by atoms with Crippen molar-refractivity contribution in [3.63, 3.8) is 0 Å². The smallest absolute Gasteiger partial charge is 0.306 e. The van der Waals surface area contributed by atoms with Crippen LogP contribution < -0.4 is 0 Å². The summed E-state index contributed by atoms with van der Waals surface area (Å²) in [7, 11) is 0. The molecular weight excluding hydrogens is 689 g/mol. The second-order valence-corrected chi connectivity index (χ2v) is 17.2. The van der Waals surface area contributed by atoms with E-state index >= 15 is 0 Å². The fourth-order valence-corrected chi connectivity index (χ4v) is 7.71. The van der Waals surface area contributed by atoms with Crippen LogP contribution in [0.5, 0.6) is 0 Å². The van der Waals surface area contributed by atoms with Crippen LogP contribution in [0.4, 0.5) is 0 Å². The second-order valence-electron chi connectivity index (χ2n) is 17.2. The Labute approximate surface area is 351 Å². The molecule has 0 spiro atoms. The first kappa shape index (κ1) is 54.9. The maximum Gasteiger partial charge on any atom is 0.306 e. The fraction of sp³-hybridized carbons (Fsp3) is 0.904. The minimum Gasteiger partial charge on any atom is -0.457 e. The van der Waals surface area contributed by atoms with Crippen LogP contribution in [0.3, 0.4) is 0 Å². The third kappa shape index (κ3) is 47.2. The highest BCUT2D eigenvalue weighted by Gasteiger charge is 2.13. The monoisotopic (exact) mass is 789 g/mol. The zero-order valence-corrected chi connectivity index (χ0v) is 38.2. The second kappa shape index (κ2) is 50.0. The van der Waals surface area contributed by atoms with Crippen molar-refractivity contribution in [2.24, 2.45) is 0 Å². The van der Waals surface area contributed by atoms with Crippen molar-refractivity contribution >= 4 is 5.97 Å². The lowest BCUT2D eigenvalue weighted by atomic mass is 10.0. The summed E-state index contributed by atoms with van der Waals surface area (Å²) in [6.07, 6.45) is 62.7. The van der Waals surface area contributed by atoms with Gasteiger partial charge in [-0.25, -0.2) is 0 Å². The number of aliphatic hydroxyl groups is 1. The molecule has 0 radical (unpaired) electrons. The normalized spacial score (nSPS) is 12.4. The van der Waals surface area contributed by atoms with Gasteiger partial charge in [0.1, 0.15) is 6.10 Å². The van der Waals surface area contributed by atoms with E-state index in [1.54, 1.807) is 0 Å². The molecule has 1 unspecified atom stereocenters. The summed E-state index contributed by atoms with van der Waals surface area (Å²) in [5, 5.41) is 9.65. The van der Waals surface area contributed by atoms with Crippen LogP contribution >= 0.6 is 0 Å². The summed E-state index contributed by atoms with van der Waals surface area (Å²) in [5.74, 6) is -0.197. The highest BCUT2D eigenvalue weighted by atomic mass is 16.6. The van der Waals surface area contributed by atoms with Gasteiger partial charge in [-0.1, -0.05) is 250 Å². The molecule has 0 bridgehead atoms. The van der Waals surface area contributed by atoms with Gasteiger partial charge < -0.3 is 14.6 Å². The molecule has 0 saturated carbocycles. The van der Waals surface area contributed by atoms with Crippen LogP contribution in [0, 0.1) is 0 Å². The van der Waals surface area contributed by atoms with Crippen LogP contribution in [0.2, 0.25) is 0 Å². The minimum absolute atomic E-state index is 0.167. The van der Waals surface area contributed by atoms with Crippen molar-refractivity contribution in [3.05, 3.63) is 24.3 Å². The van der Waals surface area contributed by atoms with Crippen molar-refractivity contribution < 1.29 is 19.4 Å². The van der Waals surface area contributed by atoms with E-state index in [1.807, 2.05) is 0 Å². The van der Waals surface area contributed by atoms with Gasteiger partial charge in [-0.15, -0.1) is 0 Å². The Hall–Kier alpha value is -1.13. The molecule has 1 N–H and O–H groups in total. The predicted octanol–water partition coefficient (Wildman–Crippen LogP) is 17.1. The zero-order chi connectivity index (χ0) is 40.5. The number of carbonyl (C=O) groups excluding carboxylic acids is 1. The third-order valence-electron chi connectivity index (χ3n) is 11.5. The van der Waals surface area contributed by atoms with Gasteiger partial charge in [0, 0.05) is 13.0 Å². The van der Waals surface area contributed by atoms with Gasteiger partial charge in [0.25, 0.3) is 0 Å². The molecule has 56 heavy (non-hydrogen) atoms. The summed E-state index contributed by atoms with van der Waals surface area (Å²) < 4.78 is 11.2. The van der Waals surface area contributed by atoms with Crippen molar-refractivity contribution in [2.75, 3.05) is 19.8 Å². The van der Waals surface area contributed by atoms with Crippen LogP contribution in [-0.4, -0.2) is 37.0 Å². The summed E-state index contributed by atoms with van der Waals surface area (Å²) in [4.78, 5) is 12.3. The molecule has 0 heterocycles. The lowest BCUT2D eigenvalue weighted by Crippen LogP contribution is -2.27. The van der Waals surface area contributed by atoms with Gasteiger partial charge in [0.2, 0.25) is 0 Å². The van der Waals surface area contributed by atoms with Crippen molar-refractivity contribution in [1.29, 1.82) is 0 Å². The predicted molar refractivity (Wildman–Crippen MR) is 247 cm³/mol. The molecule has 1 atom stereocenters. The highest BCUT2D eigenvalue weighted by Crippen LogP contribution is 2.16. The molecule has 0 aliphatic heterocycles. The van der Waals surface area contributed by atoms with E-state index in [-0.39, 0.29) is 12.6 Å². The number of esters is 1. The molecule has 4 heteroatoms. The number of ether oxygens (including phenoxy) is 2. The number of carbonyl (C=O) groups is 1. The first-order chi connectivity index (χ1) is 27.7.